The number of hydrogen-bond acceptors (Lipinski definition) is 7. The number of nitrogens with zero attached hydrogens (tertiary/aromatic N) is 2. The number of amides is 1. The lowest BCUT2D eigenvalue weighted by Gasteiger charge is -2.19. The van der Waals surface area contributed by atoms with E-state index in [9.17, 15) is 14.9 Å². The lowest BCUT2D eigenvalue weighted by Crippen LogP contribution is -2.35. The number of nitro groups is 1. The number of hydrogen-bond donors (Lipinski definition) is 3. The van der Waals surface area contributed by atoms with Gasteiger partial charge in [-0.05, 0) is 44.5 Å². The quantitative estimate of drug-likeness (QED) is 0.295. The van der Waals surface area contributed by atoms with Gasteiger partial charge >= 0.3 is 11.8 Å². The molecule has 2 rings (SSSR count). The van der Waals surface area contributed by atoms with Crippen molar-refractivity contribution in [2.75, 3.05) is 23.7 Å². The van der Waals surface area contributed by atoms with Gasteiger partial charge in [0, 0.05) is 25.7 Å². The number of anilines is 2. The van der Waals surface area contributed by atoms with E-state index in [2.05, 4.69) is 20.9 Å². The zero-order valence-corrected chi connectivity index (χ0v) is 18.3. The van der Waals surface area contributed by atoms with Crippen LogP contribution in [-0.2, 0) is 11.3 Å². The van der Waals surface area contributed by atoms with E-state index in [1.165, 1.54) is 12.1 Å². The zero-order valence-electron chi connectivity index (χ0n) is 16.8. The summed E-state index contributed by atoms with van der Waals surface area (Å²) in [5.74, 6) is 0.527. The molecule has 2 aromatic rings. The molecule has 0 bridgehead atoms. The Morgan fingerprint density at radius 1 is 1.13 bits per heavy atom. The van der Waals surface area contributed by atoms with E-state index in [0.29, 0.717) is 22.4 Å². The van der Waals surface area contributed by atoms with Crippen molar-refractivity contribution in [1.82, 2.24) is 10.3 Å². The van der Waals surface area contributed by atoms with Crippen molar-refractivity contribution in [3.05, 3.63) is 56.1 Å². The highest BCUT2D eigenvalue weighted by atomic mass is 35.5. The van der Waals surface area contributed by atoms with Gasteiger partial charge in [0.1, 0.15) is 11.4 Å². The molecular weight excluding hydrogens is 433 g/mol. The van der Waals surface area contributed by atoms with Crippen LogP contribution in [0.5, 0.6) is 0 Å². The van der Waals surface area contributed by atoms with Crippen LogP contribution < -0.4 is 16.0 Å². The number of halogens is 2. The minimum atomic E-state index is -0.605. The van der Waals surface area contributed by atoms with Crippen LogP contribution >= 0.6 is 23.2 Å². The number of rotatable bonds is 8. The van der Waals surface area contributed by atoms with Crippen LogP contribution in [0, 0.1) is 10.1 Å². The summed E-state index contributed by atoms with van der Waals surface area (Å²) in [6.45, 7) is 6.11. The van der Waals surface area contributed by atoms with Crippen LogP contribution in [0.1, 0.15) is 26.3 Å². The molecule has 0 radical (unpaired) electrons. The summed E-state index contributed by atoms with van der Waals surface area (Å²) in [5, 5.41) is 20.7. The molecular formula is C19H23Cl2N5O4. The monoisotopic (exact) mass is 455 g/mol. The molecule has 0 saturated carbocycles. The molecule has 0 unspecified atom stereocenters. The first-order valence-corrected chi connectivity index (χ1v) is 9.85. The third-order valence-electron chi connectivity index (χ3n) is 3.61. The second-order valence-electron chi connectivity index (χ2n) is 7.28. The van der Waals surface area contributed by atoms with Gasteiger partial charge in [-0.1, -0.05) is 29.3 Å². The molecule has 1 heterocycles. The molecule has 0 spiro atoms. The molecule has 0 fully saturated rings. The molecule has 9 nitrogen and oxygen atoms in total. The van der Waals surface area contributed by atoms with E-state index < -0.39 is 16.6 Å². The predicted molar refractivity (Wildman–Crippen MR) is 117 cm³/mol. The minimum absolute atomic E-state index is 0.0881. The normalized spacial score (nSPS) is 11.0. The summed E-state index contributed by atoms with van der Waals surface area (Å²) >= 11 is 11.9. The fourth-order valence-electron chi connectivity index (χ4n) is 2.33. The number of carbonyl (C=O) groups excluding carboxylic acids is 1. The summed E-state index contributed by atoms with van der Waals surface area (Å²) in [7, 11) is 0. The molecule has 0 atom stereocenters. The van der Waals surface area contributed by atoms with E-state index in [0.717, 1.165) is 5.56 Å². The second kappa shape index (κ2) is 10.3. The van der Waals surface area contributed by atoms with Crippen LogP contribution in [0.3, 0.4) is 0 Å². The van der Waals surface area contributed by atoms with Crippen molar-refractivity contribution in [3.8, 4) is 0 Å². The first kappa shape index (κ1) is 23.5. The Kier molecular flexibility index (Phi) is 8.08. The Morgan fingerprint density at radius 2 is 1.87 bits per heavy atom. The van der Waals surface area contributed by atoms with Gasteiger partial charge in [0.15, 0.2) is 0 Å². The molecule has 0 aliphatic rings. The summed E-state index contributed by atoms with van der Waals surface area (Å²) in [5.41, 5.74) is 0.0968. The zero-order chi connectivity index (χ0) is 22.3. The Labute approximate surface area is 184 Å². The van der Waals surface area contributed by atoms with Crippen molar-refractivity contribution >= 4 is 46.6 Å². The Bertz CT molecular complexity index is 918. The fourth-order valence-corrected chi connectivity index (χ4v) is 2.65. The van der Waals surface area contributed by atoms with Crippen LogP contribution in [0.2, 0.25) is 10.0 Å². The maximum Gasteiger partial charge on any atom is 0.407 e. The van der Waals surface area contributed by atoms with Gasteiger partial charge in [-0.25, -0.2) is 9.78 Å². The predicted octanol–water partition coefficient (Wildman–Crippen LogP) is 4.85. The summed E-state index contributed by atoms with van der Waals surface area (Å²) in [6.07, 6.45) is -0.566. The lowest BCUT2D eigenvalue weighted by atomic mass is 10.2. The number of nitrogens with one attached hydrogen (secondary N) is 3. The van der Waals surface area contributed by atoms with Crippen LogP contribution in [0.4, 0.5) is 22.1 Å². The van der Waals surface area contributed by atoms with Crippen molar-refractivity contribution in [2.45, 2.75) is 32.9 Å². The first-order chi connectivity index (χ1) is 14.0. The van der Waals surface area contributed by atoms with E-state index in [1.807, 2.05) is 6.07 Å². The minimum Gasteiger partial charge on any atom is -0.444 e. The molecule has 1 aromatic heterocycles. The maximum absolute atomic E-state index is 11.7. The third-order valence-corrected chi connectivity index (χ3v) is 4.35. The van der Waals surface area contributed by atoms with Crippen molar-refractivity contribution in [2.24, 2.45) is 0 Å². The second-order valence-corrected chi connectivity index (χ2v) is 8.09. The smallest absolute Gasteiger partial charge is 0.407 e. The molecule has 1 amide bonds. The largest absolute Gasteiger partial charge is 0.444 e. The molecule has 0 saturated heterocycles. The highest BCUT2D eigenvalue weighted by Gasteiger charge is 2.17. The number of carbonyl (C=O) groups is 1. The fraction of sp³-hybridized carbons (Fsp3) is 0.368. The SMILES string of the molecule is CC(C)(C)OC(=O)NCCNc1nc(NCc2ccc(Cl)c(Cl)c2)ccc1[N+](=O)[O-]. The molecule has 0 aliphatic carbocycles. The first-order valence-electron chi connectivity index (χ1n) is 9.09. The van der Waals surface area contributed by atoms with Crippen LogP contribution in [0.25, 0.3) is 0 Å². The van der Waals surface area contributed by atoms with Crippen LogP contribution in [-0.4, -0.2) is 34.7 Å². The van der Waals surface area contributed by atoms with Gasteiger partial charge in [0.05, 0.1) is 15.0 Å². The number of alkyl carbamates (subject to hydrolysis) is 1. The highest BCUT2D eigenvalue weighted by Crippen LogP contribution is 2.25. The topological polar surface area (TPSA) is 118 Å². The number of benzene rings is 1. The van der Waals surface area contributed by atoms with E-state index >= 15 is 0 Å². The van der Waals surface area contributed by atoms with Gasteiger partial charge < -0.3 is 20.7 Å². The third kappa shape index (κ3) is 7.57. The van der Waals surface area contributed by atoms with Crippen molar-refractivity contribution < 1.29 is 14.5 Å². The van der Waals surface area contributed by atoms with E-state index in [1.54, 1.807) is 32.9 Å². The summed E-state index contributed by atoms with van der Waals surface area (Å²) in [4.78, 5) is 26.6. The van der Waals surface area contributed by atoms with Gasteiger partial charge in [0.2, 0.25) is 5.82 Å². The maximum atomic E-state index is 11.7. The highest BCUT2D eigenvalue weighted by molar-refractivity contribution is 6.42. The average Bonchev–Trinajstić information content (AvgIpc) is 2.64. The molecule has 30 heavy (non-hydrogen) atoms. The van der Waals surface area contributed by atoms with Gasteiger partial charge in [-0.2, -0.15) is 0 Å². The molecule has 11 heteroatoms. The van der Waals surface area contributed by atoms with Crippen molar-refractivity contribution in [3.63, 3.8) is 0 Å². The van der Waals surface area contributed by atoms with Crippen LogP contribution in [0.15, 0.2) is 30.3 Å². The molecule has 3 N–H and O–H groups in total. The van der Waals surface area contributed by atoms with Crippen molar-refractivity contribution in [1.29, 1.82) is 0 Å². The summed E-state index contributed by atoms with van der Waals surface area (Å²) in [6, 6.07) is 8.10. The van der Waals surface area contributed by atoms with Gasteiger partial charge in [-0.3, -0.25) is 10.1 Å². The molecule has 1 aromatic carbocycles. The van der Waals surface area contributed by atoms with Gasteiger partial charge in [-0.15, -0.1) is 0 Å². The Balaban J connectivity index is 1.97. The summed E-state index contributed by atoms with van der Waals surface area (Å²) < 4.78 is 5.13. The average molecular weight is 456 g/mol. The lowest BCUT2D eigenvalue weighted by molar-refractivity contribution is -0.384. The number of pyridine rings is 1. The number of ether oxygens (including phenoxy) is 1. The Hall–Kier alpha value is -2.78. The van der Waals surface area contributed by atoms with E-state index in [-0.39, 0.29) is 24.6 Å². The van der Waals surface area contributed by atoms with E-state index in [4.69, 9.17) is 27.9 Å². The standard InChI is InChI=1S/C19H23Cl2N5O4/c1-19(2,3)30-18(27)23-9-8-22-17-15(26(28)29)6-7-16(25-17)24-11-12-4-5-13(20)14(21)10-12/h4-7,10H,8-9,11H2,1-3H3,(H,23,27)(H2,22,24,25). The molecule has 0 aliphatic heterocycles. The Morgan fingerprint density at radius 3 is 2.50 bits per heavy atom. The van der Waals surface area contributed by atoms with Gasteiger partial charge in [0.25, 0.3) is 0 Å². The molecule has 162 valence electrons. The number of aromatic nitrogens is 1.